The molecule has 2 rings (SSSR count). The zero-order valence-corrected chi connectivity index (χ0v) is 13.2. The second-order valence-electron chi connectivity index (χ2n) is 5.75. The van der Waals surface area contributed by atoms with E-state index in [4.69, 9.17) is 4.74 Å². The Morgan fingerprint density at radius 1 is 1.35 bits per heavy atom. The number of hydrogen-bond donors (Lipinski definition) is 1. The lowest BCUT2D eigenvalue weighted by Gasteiger charge is -2.21. The van der Waals surface area contributed by atoms with Gasteiger partial charge in [0, 0.05) is 6.08 Å². The van der Waals surface area contributed by atoms with Gasteiger partial charge in [-0.15, -0.1) is 0 Å². The van der Waals surface area contributed by atoms with Gasteiger partial charge in [0.1, 0.15) is 5.54 Å². The van der Waals surface area contributed by atoms with Crippen LogP contribution in [0.15, 0.2) is 30.3 Å². The SMILES string of the molecule is Cc1ccccc1/C=C/C(=O)OCC(=O)NC1(C#N)CCCC1. The van der Waals surface area contributed by atoms with E-state index in [2.05, 4.69) is 11.4 Å². The fraction of sp³-hybridized carbons (Fsp3) is 0.389. The molecule has 1 aromatic carbocycles. The summed E-state index contributed by atoms with van der Waals surface area (Å²) in [6, 6.07) is 9.80. The number of aryl methyl sites for hydroxylation is 1. The first kappa shape index (κ1) is 16.8. The number of esters is 1. The molecule has 120 valence electrons. The van der Waals surface area contributed by atoms with Crippen LogP contribution in [0.3, 0.4) is 0 Å². The number of hydrogen-bond acceptors (Lipinski definition) is 4. The first-order chi connectivity index (χ1) is 11.0. The minimum atomic E-state index is -0.791. The Morgan fingerprint density at radius 2 is 2.04 bits per heavy atom. The van der Waals surface area contributed by atoms with E-state index in [9.17, 15) is 14.9 Å². The van der Waals surface area contributed by atoms with Crippen molar-refractivity contribution in [3.05, 3.63) is 41.5 Å². The van der Waals surface area contributed by atoms with Gasteiger partial charge in [0.2, 0.25) is 0 Å². The molecule has 1 amide bonds. The molecule has 23 heavy (non-hydrogen) atoms. The third-order valence-corrected chi connectivity index (χ3v) is 3.98. The quantitative estimate of drug-likeness (QED) is 0.669. The van der Waals surface area contributed by atoms with Gasteiger partial charge in [-0.1, -0.05) is 24.3 Å². The Morgan fingerprint density at radius 3 is 2.70 bits per heavy atom. The van der Waals surface area contributed by atoms with E-state index in [0.29, 0.717) is 12.8 Å². The number of rotatable bonds is 5. The monoisotopic (exact) mass is 312 g/mol. The van der Waals surface area contributed by atoms with Crippen LogP contribution in [0.25, 0.3) is 6.08 Å². The fourth-order valence-corrected chi connectivity index (χ4v) is 2.66. The smallest absolute Gasteiger partial charge is 0.331 e. The van der Waals surface area contributed by atoms with Crippen molar-refractivity contribution in [2.75, 3.05) is 6.61 Å². The van der Waals surface area contributed by atoms with Gasteiger partial charge in [0.05, 0.1) is 6.07 Å². The van der Waals surface area contributed by atoms with Gasteiger partial charge in [0.15, 0.2) is 6.61 Å². The van der Waals surface area contributed by atoms with Crippen LogP contribution in [0.5, 0.6) is 0 Å². The molecule has 0 atom stereocenters. The molecule has 0 bridgehead atoms. The number of amides is 1. The summed E-state index contributed by atoms with van der Waals surface area (Å²) < 4.78 is 4.92. The van der Waals surface area contributed by atoms with Crippen molar-refractivity contribution >= 4 is 18.0 Å². The highest BCUT2D eigenvalue weighted by Gasteiger charge is 2.35. The van der Waals surface area contributed by atoms with Gasteiger partial charge in [-0.05, 0) is 49.8 Å². The number of benzene rings is 1. The van der Waals surface area contributed by atoms with E-state index in [-0.39, 0.29) is 6.61 Å². The molecule has 1 aliphatic carbocycles. The summed E-state index contributed by atoms with van der Waals surface area (Å²) in [5.41, 5.74) is 1.18. The van der Waals surface area contributed by atoms with Crippen LogP contribution >= 0.6 is 0 Å². The molecule has 5 heteroatoms. The average molecular weight is 312 g/mol. The Balaban J connectivity index is 1.81. The molecule has 1 aromatic rings. The lowest BCUT2D eigenvalue weighted by Crippen LogP contribution is -2.46. The maximum atomic E-state index is 11.8. The van der Waals surface area contributed by atoms with E-state index >= 15 is 0 Å². The average Bonchev–Trinajstić information content (AvgIpc) is 3.01. The molecule has 5 nitrogen and oxygen atoms in total. The number of carbonyl (C=O) groups excluding carboxylic acids is 2. The van der Waals surface area contributed by atoms with Crippen molar-refractivity contribution < 1.29 is 14.3 Å². The summed E-state index contributed by atoms with van der Waals surface area (Å²) in [5, 5.41) is 11.9. The molecule has 1 N–H and O–H groups in total. The highest BCUT2D eigenvalue weighted by molar-refractivity contribution is 5.89. The van der Waals surface area contributed by atoms with Gasteiger partial charge in [-0.25, -0.2) is 4.79 Å². The third-order valence-electron chi connectivity index (χ3n) is 3.98. The van der Waals surface area contributed by atoms with E-state index in [1.807, 2.05) is 31.2 Å². The molecule has 0 unspecified atom stereocenters. The second kappa shape index (κ2) is 7.59. The molecule has 0 spiro atoms. The molecule has 0 aromatic heterocycles. The molecule has 0 saturated heterocycles. The molecule has 1 fully saturated rings. The highest BCUT2D eigenvalue weighted by Crippen LogP contribution is 2.28. The molecular formula is C18H20N2O3. The number of ether oxygens (including phenoxy) is 1. The van der Waals surface area contributed by atoms with Crippen molar-refractivity contribution in [2.24, 2.45) is 0 Å². The van der Waals surface area contributed by atoms with Crippen molar-refractivity contribution in [1.29, 1.82) is 5.26 Å². The Kier molecular flexibility index (Phi) is 5.53. The van der Waals surface area contributed by atoms with Crippen LogP contribution in [-0.4, -0.2) is 24.0 Å². The van der Waals surface area contributed by atoms with E-state index in [0.717, 1.165) is 24.0 Å². The lowest BCUT2D eigenvalue weighted by atomic mass is 10.00. The van der Waals surface area contributed by atoms with Gasteiger partial charge in [0.25, 0.3) is 5.91 Å². The first-order valence-corrected chi connectivity index (χ1v) is 7.67. The molecule has 0 radical (unpaired) electrons. The number of nitrogens with zero attached hydrogens (tertiary/aromatic N) is 1. The van der Waals surface area contributed by atoms with Gasteiger partial charge < -0.3 is 10.1 Å². The number of nitriles is 1. The normalized spacial score (nSPS) is 16.0. The Bertz CT molecular complexity index is 652. The highest BCUT2D eigenvalue weighted by atomic mass is 16.5. The maximum absolute atomic E-state index is 11.8. The van der Waals surface area contributed by atoms with Crippen LogP contribution in [-0.2, 0) is 14.3 Å². The molecule has 1 saturated carbocycles. The topological polar surface area (TPSA) is 79.2 Å². The maximum Gasteiger partial charge on any atom is 0.331 e. The Labute approximate surface area is 135 Å². The van der Waals surface area contributed by atoms with E-state index in [1.54, 1.807) is 6.08 Å². The first-order valence-electron chi connectivity index (χ1n) is 7.67. The van der Waals surface area contributed by atoms with Crippen molar-refractivity contribution in [2.45, 2.75) is 38.1 Å². The standard InChI is InChI=1S/C18H20N2O3/c1-14-6-2-3-7-15(14)8-9-17(22)23-12-16(21)20-18(13-19)10-4-5-11-18/h2-3,6-9H,4-5,10-12H2,1H3,(H,20,21)/b9-8+. The summed E-state index contributed by atoms with van der Waals surface area (Å²) in [4.78, 5) is 23.5. The van der Waals surface area contributed by atoms with Crippen LogP contribution in [0.1, 0.15) is 36.8 Å². The summed E-state index contributed by atoms with van der Waals surface area (Å²) in [7, 11) is 0. The number of nitrogens with one attached hydrogen (secondary N) is 1. The summed E-state index contributed by atoms with van der Waals surface area (Å²) in [6.45, 7) is 1.57. The molecular weight excluding hydrogens is 292 g/mol. The zero-order valence-electron chi connectivity index (χ0n) is 13.2. The van der Waals surface area contributed by atoms with Crippen molar-refractivity contribution in [1.82, 2.24) is 5.32 Å². The Hall–Kier alpha value is -2.61. The molecule has 1 aliphatic rings. The molecule has 0 heterocycles. The van der Waals surface area contributed by atoms with Gasteiger partial charge >= 0.3 is 5.97 Å². The lowest BCUT2D eigenvalue weighted by molar-refractivity contribution is -0.144. The van der Waals surface area contributed by atoms with Crippen LogP contribution < -0.4 is 5.32 Å². The van der Waals surface area contributed by atoms with Crippen molar-refractivity contribution in [3.63, 3.8) is 0 Å². The van der Waals surface area contributed by atoms with E-state index < -0.39 is 17.4 Å². The summed E-state index contributed by atoms with van der Waals surface area (Å²) >= 11 is 0. The third kappa shape index (κ3) is 4.68. The fourth-order valence-electron chi connectivity index (χ4n) is 2.66. The minimum Gasteiger partial charge on any atom is -0.452 e. The van der Waals surface area contributed by atoms with E-state index in [1.165, 1.54) is 6.08 Å². The van der Waals surface area contributed by atoms with Gasteiger partial charge in [-0.2, -0.15) is 5.26 Å². The van der Waals surface area contributed by atoms with Crippen LogP contribution in [0, 0.1) is 18.3 Å². The second-order valence-corrected chi connectivity index (χ2v) is 5.75. The van der Waals surface area contributed by atoms with Crippen LogP contribution in [0.4, 0.5) is 0 Å². The summed E-state index contributed by atoms with van der Waals surface area (Å²) in [5.74, 6) is -1.02. The summed E-state index contributed by atoms with van der Waals surface area (Å²) in [6.07, 6.45) is 6.10. The molecule has 0 aliphatic heterocycles. The van der Waals surface area contributed by atoms with Crippen LogP contribution in [0.2, 0.25) is 0 Å². The largest absolute Gasteiger partial charge is 0.452 e. The van der Waals surface area contributed by atoms with Gasteiger partial charge in [-0.3, -0.25) is 4.79 Å². The minimum absolute atomic E-state index is 0.375. The zero-order chi connectivity index (χ0) is 16.7. The predicted molar refractivity (Wildman–Crippen MR) is 86.1 cm³/mol. The number of carbonyl (C=O) groups is 2. The predicted octanol–water partition coefficient (Wildman–Crippen LogP) is 2.50. The van der Waals surface area contributed by atoms with Crippen molar-refractivity contribution in [3.8, 4) is 6.07 Å².